The highest BCUT2D eigenvalue weighted by Crippen LogP contribution is 2.18. The summed E-state index contributed by atoms with van der Waals surface area (Å²) in [5, 5.41) is 0. The number of rotatable bonds is 5. The third kappa shape index (κ3) is 3.64. The Labute approximate surface area is 100 Å². The lowest BCUT2D eigenvalue weighted by Crippen LogP contribution is -2.26. The topological polar surface area (TPSA) is 26.0 Å². The van der Waals surface area contributed by atoms with E-state index >= 15 is 0 Å². The molecule has 16 heavy (non-hydrogen) atoms. The standard InChI is InChI=1S/C15H25N/c1-5-11(2)9-14(16)10-15-12(3)7-6-8-13(15)4/h6-8,11,14H,5,9-10,16H2,1-4H3. The van der Waals surface area contributed by atoms with Crippen LogP contribution in [0.4, 0.5) is 0 Å². The Morgan fingerprint density at radius 3 is 2.25 bits per heavy atom. The quantitative estimate of drug-likeness (QED) is 0.804. The molecule has 1 rings (SSSR count). The Balaban J connectivity index is 2.66. The molecule has 1 aromatic carbocycles. The smallest absolute Gasteiger partial charge is 0.00820 e. The Bertz CT molecular complexity index is 310. The fraction of sp³-hybridized carbons (Fsp3) is 0.600. The highest BCUT2D eigenvalue weighted by Gasteiger charge is 2.11. The fourth-order valence-corrected chi connectivity index (χ4v) is 2.20. The van der Waals surface area contributed by atoms with Crippen LogP contribution in [0, 0.1) is 19.8 Å². The predicted molar refractivity (Wildman–Crippen MR) is 71.7 cm³/mol. The molecule has 0 amide bonds. The first-order valence-electron chi connectivity index (χ1n) is 6.35. The molecular formula is C15H25N. The lowest BCUT2D eigenvalue weighted by Gasteiger charge is -2.18. The molecule has 1 nitrogen and oxygen atoms in total. The van der Waals surface area contributed by atoms with Crippen LogP contribution in [-0.4, -0.2) is 6.04 Å². The molecule has 2 atom stereocenters. The summed E-state index contributed by atoms with van der Waals surface area (Å²) in [5.41, 5.74) is 10.4. The number of nitrogens with two attached hydrogens (primary N) is 1. The van der Waals surface area contributed by atoms with E-state index in [2.05, 4.69) is 45.9 Å². The van der Waals surface area contributed by atoms with Crippen LogP contribution in [0.1, 0.15) is 43.4 Å². The van der Waals surface area contributed by atoms with Gasteiger partial charge in [0.1, 0.15) is 0 Å². The zero-order chi connectivity index (χ0) is 12.1. The average Bonchev–Trinajstić information content (AvgIpc) is 2.23. The first-order valence-corrected chi connectivity index (χ1v) is 6.35. The normalized spacial score (nSPS) is 14.8. The third-order valence-electron chi connectivity index (χ3n) is 3.51. The van der Waals surface area contributed by atoms with Crippen LogP contribution in [0.2, 0.25) is 0 Å². The van der Waals surface area contributed by atoms with Crippen LogP contribution in [0.25, 0.3) is 0 Å². The molecule has 0 saturated heterocycles. The Hall–Kier alpha value is -0.820. The molecule has 2 N–H and O–H groups in total. The van der Waals surface area contributed by atoms with E-state index in [0.717, 1.165) is 18.8 Å². The first kappa shape index (κ1) is 13.2. The molecule has 0 aliphatic rings. The van der Waals surface area contributed by atoms with Gasteiger partial charge < -0.3 is 5.73 Å². The number of hydrogen-bond acceptors (Lipinski definition) is 1. The summed E-state index contributed by atoms with van der Waals surface area (Å²) in [4.78, 5) is 0. The molecule has 0 saturated carbocycles. The minimum absolute atomic E-state index is 0.301. The maximum Gasteiger partial charge on any atom is 0.00820 e. The maximum atomic E-state index is 6.22. The average molecular weight is 219 g/mol. The van der Waals surface area contributed by atoms with E-state index in [-0.39, 0.29) is 0 Å². The summed E-state index contributed by atoms with van der Waals surface area (Å²) in [6.45, 7) is 8.87. The van der Waals surface area contributed by atoms with Gasteiger partial charge in [-0.25, -0.2) is 0 Å². The van der Waals surface area contributed by atoms with Gasteiger partial charge in [0.2, 0.25) is 0 Å². The van der Waals surface area contributed by atoms with Gasteiger partial charge >= 0.3 is 0 Å². The minimum atomic E-state index is 0.301. The molecule has 0 radical (unpaired) electrons. The highest BCUT2D eigenvalue weighted by molar-refractivity contribution is 5.34. The van der Waals surface area contributed by atoms with Crippen molar-refractivity contribution < 1.29 is 0 Å². The second-order valence-electron chi connectivity index (χ2n) is 5.08. The van der Waals surface area contributed by atoms with Crippen LogP contribution in [0.15, 0.2) is 18.2 Å². The van der Waals surface area contributed by atoms with Gasteiger partial charge in [0.25, 0.3) is 0 Å². The van der Waals surface area contributed by atoms with Crippen molar-refractivity contribution in [2.45, 2.75) is 53.0 Å². The summed E-state index contributed by atoms with van der Waals surface area (Å²) in [5.74, 6) is 0.735. The Kier molecular flexibility index (Phi) is 5.01. The fourth-order valence-electron chi connectivity index (χ4n) is 2.20. The van der Waals surface area contributed by atoms with E-state index in [1.54, 1.807) is 0 Å². The summed E-state index contributed by atoms with van der Waals surface area (Å²) in [7, 11) is 0. The molecule has 0 aromatic heterocycles. The molecule has 2 unspecified atom stereocenters. The van der Waals surface area contributed by atoms with E-state index < -0.39 is 0 Å². The third-order valence-corrected chi connectivity index (χ3v) is 3.51. The van der Waals surface area contributed by atoms with E-state index in [0.29, 0.717) is 6.04 Å². The van der Waals surface area contributed by atoms with Crippen molar-refractivity contribution in [3.8, 4) is 0 Å². The van der Waals surface area contributed by atoms with Crippen molar-refractivity contribution in [2.75, 3.05) is 0 Å². The summed E-state index contributed by atoms with van der Waals surface area (Å²) in [6, 6.07) is 6.78. The highest BCUT2D eigenvalue weighted by atomic mass is 14.6. The van der Waals surface area contributed by atoms with Gasteiger partial charge in [0, 0.05) is 6.04 Å². The molecule has 0 heterocycles. The van der Waals surface area contributed by atoms with Crippen LogP contribution in [-0.2, 0) is 6.42 Å². The van der Waals surface area contributed by atoms with Crippen LogP contribution in [0.3, 0.4) is 0 Å². The minimum Gasteiger partial charge on any atom is -0.327 e. The van der Waals surface area contributed by atoms with Gasteiger partial charge in [-0.05, 0) is 49.3 Å². The lowest BCUT2D eigenvalue weighted by molar-refractivity contribution is 0.449. The summed E-state index contributed by atoms with van der Waals surface area (Å²) < 4.78 is 0. The first-order chi connectivity index (χ1) is 7.54. The molecule has 0 bridgehead atoms. The van der Waals surface area contributed by atoms with Crippen molar-refractivity contribution in [3.05, 3.63) is 34.9 Å². The summed E-state index contributed by atoms with van der Waals surface area (Å²) in [6.07, 6.45) is 3.37. The lowest BCUT2D eigenvalue weighted by atomic mass is 9.91. The Morgan fingerprint density at radius 1 is 1.19 bits per heavy atom. The van der Waals surface area contributed by atoms with E-state index in [1.165, 1.54) is 23.1 Å². The van der Waals surface area contributed by atoms with Crippen molar-refractivity contribution in [2.24, 2.45) is 11.7 Å². The second-order valence-corrected chi connectivity index (χ2v) is 5.08. The molecule has 0 spiro atoms. The largest absolute Gasteiger partial charge is 0.327 e. The molecular weight excluding hydrogens is 194 g/mol. The molecule has 90 valence electrons. The molecule has 1 aromatic rings. The van der Waals surface area contributed by atoms with Crippen LogP contribution >= 0.6 is 0 Å². The van der Waals surface area contributed by atoms with E-state index in [4.69, 9.17) is 5.73 Å². The second kappa shape index (κ2) is 6.05. The molecule has 0 fully saturated rings. The van der Waals surface area contributed by atoms with Crippen molar-refractivity contribution in [1.82, 2.24) is 0 Å². The molecule has 0 aliphatic heterocycles. The zero-order valence-corrected chi connectivity index (χ0v) is 11.1. The van der Waals surface area contributed by atoms with E-state index in [9.17, 15) is 0 Å². The van der Waals surface area contributed by atoms with Gasteiger partial charge in [-0.2, -0.15) is 0 Å². The van der Waals surface area contributed by atoms with Gasteiger partial charge in [-0.3, -0.25) is 0 Å². The van der Waals surface area contributed by atoms with Gasteiger partial charge in [-0.15, -0.1) is 0 Å². The van der Waals surface area contributed by atoms with Crippen molar-refractivity contribution >= 4 is 0 Å². The van der Waals surface area contributed by atoms with Gasteiger partial charge in [-0.1, -0.05) is 38.5 Å². The predicted octanol–water partition coefficient (Wildman–Crippen LogP) is 3.61. The summed E-state index contributed by atoms with van der Waals surface area (Å²) >= 11 is 0. The van der Waals surface area contributed by atoms with Crippen LogP contribution < -0.4 is 5.73 Å². The van der Waals surface area contributed by atoms with Gasteiger partial charge in [0.15, 0.2) is 0 Å². The molecule has 0 aliphatic carbocycles. The van der Waals surface area contributed by atoms with Crippen LogP contribution in [0.5, 0.6) is 0 Å². The number of hydrogen-bond donors (Lipinski definition) is 1. The van der Waals surface area contributed by atoms with Gasteiger partial charge in [0.05, 0.1) is 0 Å². The number of aryl methyl sites for hydroxylation is 2. The van der Waals surface area contributed by atoms with Crippen molar-refractivity contribution in [3.63, 3.8) is 0 Å². The number of benzene rings is 1. The van der Waals surface area contributed by atoms with Crippen molar-refractivity contribution in [1.29, 1.82) is 0 Å². The monoisotopic (exact) mass is 219 g/mol. The zero-order valence-electron chi connectivity index (χ0n) is 11.1. The Morgan fingerprint density at radius 2 is 1.75 bits per heavy atom. The SMILES string of the molecule is CCC(C)CC(N)Cc1c(C)cccc1C. The maximum absolute atomic E-state index is 6.22. The molecule has 1 heteroatoms. The van der Waals surface area contributed by atoms with E-state index in [1.807, 2.05) is 0 Å².